The summed E-state index contributed by atoms with van der Waals surface area (Å²) in [6.07, 6.45) is 8.13. The molecule has 1 aliphatic heterocycles. The maximum absolute atomic E-state index is 14.1. The maximum Gasteiger partial charge on any atom is 0.255 e. The number of benzene rings is 4. The largest absolute Gasteiger partial charge is 0.391 e. The van der Waals surface area contributed by atoms with E-state index in [1.165, 1.54) is 11.2 Å². The van der Waals surface area contributed by atoms with E-state index in [0.717, 1.165) is 75.2 Å². The molecule has 1 saturated heterocycles. The molecule has 0 bridgehead atoms. The Morgan fingerprint density at radius 3 is 2.20 bits per heavy atom. The minimum Gasteiger partial charge on any atom is -0.391 e. The van der Waals surface area contributed by atoms with E-state index >= 15 is 0 Å². The Hall–Kier alpha value is -7.76. The standard InChI is InChI=1S/C58H66N10O6S/c1-36(38-21-23-39(24-22-38)53-37(2)62-35-75-53)63-56(73)49-30-44(69)33-68(49)57(74)54(58(3,4)5)67-52(71)20-11-9-7-6-8-10-19-51(70)65-41-27-25-40(26-28-41)55(72)66-43-16-14-15-42(29-43)64-50-31-48(60-34-61-50)46-32-59-47-18-13-12-17-45(46)47/h12-18,21-29,31-32,34-36,44,49,54,59,69H,6-11,19-20,30,33H2,1-5H3,(H,63,73)(H,65,70)(H,66,72)(H,67,71)(H,60,61,64)/t36-,44+,49-,54+/m0/s1. The highest BCUT2D eigenvalue weighted by Gasteiger charge is 2.44. The van der Waals surface area contributed by atoms with Crippen molar-refractivity contribution in [3.8, 4) is 21.7 Å². The summed E-state index contributed by atoms with van der Waals surface area (Å²) in [5.74, 6) is -0.775. The second kappa shape index (κ2) is 24.5. The molecule has 390 valence electrons. The van der Waals surface area contributed by atoms with Crippen LogP contribution in [0.1, 0.15) is 113 Å². The molecule has 0 aliphatic carbocycles. The molecule has 0 unspecified atom stereocenters. The predicted octanol–water partition coefficient (Wildman–Crippen LogP) is 10.5. The third-order valence-electron chi connectivity index (χ3n) is 13.5. The molecule has 1 fully saturated rings. The van der Waals surface area contributed by atoms with Crippen molar-refractivity contribution in [1.82, 2.24) is 35.5 Å². The summed E-state index contributed by atoms with van der Waals surface area (Å²) < 4.78 is 0. The van der Waals surface area contributed by atoms with Gasteiger partial charge in [0.2, 0.25) is 23.6 Å². The number of nitrogens with zero attached hydrogens (tertiary/aromatic N) is 4. The first-order chi connectivity index (χ1) is 36.1. The van der Waals surface area contributed by atoms with Crippen LogP contribution in [-0.2, 0) is 19.2 Å². The van der Waals surface area contributed by atoms with Crippen LogP contribution in [0.2, 0.25) is 0 Å². The first-order valence-corrected chi connectivity index (χ1v) is 26.5. The van der Waals surface area contributed by atoms with Gasteiger partial charge in [-0.3, -0.25) is 24.0 Å². The quantitative estimate of drug-likeness (QED) is 0.0337. The summed E-state index contributed by atoms with van der Waals surface area (Å²) in [6, 6.07) is 29.9. The topological polar surface area (TPSA) is 223 Å². The first-order valence-electron chi connectivity index (χ1n) is 25.6. The van der Waals surface area contributed by atoms with E-state index in [4.69, 9.17) is 0 Å². The van der Waals surface area contributed by atoms with Gasteiger partial charge in [-0.05, 0) is 91.8 Å². The number of aromatic amines is 1. The van der Waals surface area contributed by atoms with Crippen molar-refractivity contribution >= 4 is 74.7 Å². The first kappa shape index (κ1) is 53.5. The monoisotopic (exact) mass is 1030 g/mol. The lowest BCUT2D eigenvalue weighted by Crippen LogP contribution is -2.57. The number of nitrogens with one attached hydrogen (secondary N) is 6. The number of β-amino-alcohol motifs (C(OH)–C–C–N with tert-alkyl or cyclic N) is 1. The van der Waals surface area contributed by atoms with Crippen LogP contribution < -0.4 is 26.6 Å². The summed E-state index contributed by atoms with van der Waals surface area (Å²) in [4.78, 5) is 86.0. The van der Waals surface area contributed by atoms with Gasteiger partial charge in [-0.2, -0.15) is 0 Å². The Morgan fingerprint density at radius 2 is 1.48 bits per heavy atom. The Kier molecular flexibility index (Phi) is 17.5. The van der Waals surface area contributed by atoms with E-state index in [1.807, 2.05) is 119 Å². The van der Waals surface area contributed by atoms with Gasteiger partial charge < -0.3 is 41.6 Å². The molecule has 5 amide bonds. The lowest BCUT2D eigenvalue weighted by molar-refractivity contribution is -0.144. The average molecular weight is 1030 g/mol. The number of aromatic nitrogens is 4. The molecule has 3 aromatic heterocycles. The predicted molar refractivity (Wildman–Crippen MR) is 295 cm³/mol. The summed E-state index contributed by atoms with van der Waals surface area (Å²) in [7, 11) is 0. The molecule has 4 aromatic carbocycles. The van der Waals surface area contributed by atoms with Crippen molar-refractivity contribution in [2.45, 2.75) is 117 Å². The van der Waals surface area contributed by atoms with Crippen molar-refractivity contribution in [3.63, 3.8) is 0 Å². The molecule has 0 saturated carbocycles. The number of fused-ring (bicyclic) bond motifs is 1. The second-order valence-electron chi connectivity index (χ2n) is 20.3. The fraction of sp³-hybridized carbons (Fsp3) is 0.345. The number of aryl methyl sites for hydroxylation is 1. The Balaban J connectivity index is 0.712. The SMILES string of the molecule is Cc1ncsc1-c1ccc([C@H](C)NC(=O)[C@@H]2C[C@@H](O)CN2C(=O)[C@@H](NC(=O)CCCCCCCCC(=O)Nc2ccc(C(=O)Nc3cccc(Nc4cc(-c5c[nH]c6ccccc56)ncn4)c3)cc2)C(C)(C)C)cc1. The third kappa shape index (κ3) is 14.1. The number of carbonyl (C=O) groups excluding carboxylic acids is 5. The molecule has 75 heavy (non-hydrogen) atoms. The Morgan fingerprint density at radius 1 is 0.773 bits per heavy atom. The fourth-order valence-corrected chi connectivity index (χ4v) is 10.1. The number of aliphatic hydroxyl groups is 1. The summed E-state index contributed by atoms with van der Waals surface area (Å²) in [6.45, 7) is 9.49. The lowest BCUT2D eigenvalue weighted by Gasteiger charge is -2.35. The van der Waals surface area contributed by atoms with Gasteiger partial charge in [0, 0.05) is 77.2 Å². The summed E-state index contributed by atoms with van der Waals surface area (Å²) in [5, 5.41) is 26.9. The fourth-order valence-electron chi connectivity index (χ4n) is 9.34. The zero-order chi connectivity index (χ0) is 53.1. The Bertz CT molecular complexity index is 3110. The molecular weight excluding hydrogens is 965 g/mol. The number of unbranched alkanes of at least 4 members (excludes halogenated alkanes) is 5. The van der Waals surface area contributed by atoms with Gasteiger partial charge in [-0.1, -0.05) is 95.0 Å². The number of rotatable bonds is 21. The van der Waals surface area contributed by atoms with Crippen molar-refractivity contribution in [1.29, 1.82) is 0 Å². The van der Waals surface area contributed by atoms with Crippen LogP contribution in [0.5, 0.6) is 0 Å². The highest BCUT2D eigenvalue weighted by molar-refractivity contribution is 7.13. The molecule has 16 nitrogen and oxygen atoms in total. The van der Waals surface area contributed by atoms with Gasteiger partial charge in [-0.25, -0.2) is 15.0 Å². The number of likely N-dealkylation sites (tertiary alicyclic amines) is 1. The molecule has 4 heterocycles. The van der Waals surface area contributed by atoms with Gasteiger partial charge in [0.05, 0.1) is 33.9 Å². The molecule has 0 radical (unpaired) electrons. The zero-order valence-corrected chi connectivity index (χ0v) is 43.9. The van der Waals surface area contributed by atoms with Crippen LogP contribution in [0.15, 0.2) is 121 Å². The van der Waals surface area contributed by atoms with E-state index in [2.05, 4.69) is 46.5 Å². The molecule has 7 aromatic rings. The van der Waals surface area contributed by atoms with Crippen molar-refractivity contribution in [2.75, 3.05) is 22.5 Å². The molecule has 1 aliphatic rings. The maximum atomic E-state index is 14.1. The number of carbonyl (C=O) groups is 5. The number of hydrogen-bond donors (Lipinski definition) is 7. The van der Waals surface area contributed by atoms with E-state index in [-0.39, 0.29) is 49.1 Å². The van der Waals surface area contributed by atoms with E-state index in [1.54, 1.807) is 41.7 Å². The van der Waals surface area contributed by atoms with Crippen LogP contribution in [0.4, 0.5) is 22.9 Å². The Labute approximate surface area is 441 Å². The summed E-state index contributed by atoms with van der Waals surface area (Å²) >= 11 is 1.58. The minimum absolute atomic E-state index is 0.00490. The van der Waals surface area contributed by atoms with Gasteiger partial charge >= 0.3 is 0 Å². The molecule has 17 heteroatoms. The number of thiazole rings is 1. The van der Waals surface area contributed by atoms with Gasteiger partial charge in [0.1, 0.15) is 24.2 Å². The van der Waals surface area contributed by atoms with E-state index < -0.39 is 29.5 Å². The van der Waals surface area contributed by atoms with E-state index in [9.17, 15) is 29.1 Å². The molecule has 0 spiro atoms. The summed E-state index contributed by atoms with van der Waals surface area (Å²) in [5.41, 5.74) is 9.24. The number of aliphatic hydroxyl groups excluding tert-OH is 1. The second-order valence-corrected chi connectivity index (χ2v) is 21.2. The van der Waals surface area contributed by atoms with Crippen LogP contribution in [0.25, 0.3) is 32.6 Å². The van der Waals surface area contributed by atoms with E-state index in [0.29, 0.717) is 42.0 Å². The highest BCUT2D eigenvalue weighted by atomic mass is 32.1. The number of hydrogen-bond acceptors (Lipinski definition) is 11. The smallest absolute Gasteiger partial charge is 0.255 e. The van der Waals surface area contributed by atoms with Crippen LogP contribution in [0, 0.1) is 12.3 Å². The number of para-hydroxylation sites is 1. The third-order valence-corrected chi connectivity index (χ3v) is 14.5. The number of amides is 5. The number of H-pyrrole nitrogens is 1. The lowest BCUT2D eigenvalue weighted by atomic mass is 9.85. The molecular formula is C58H66N10O6S. The highest BCUT2D eigenvalue weighted by Crippen LogP contribution is 2.32. The number of anilines is 4. The average Bonchev–Trinajstić information content (AvgIpc) is 4.14. The van der Waals surface area contributed by atoms with Crippen molar-refractivity contribution in [2.24, 2.45) is 5.41 Å². The molecule has 7 N–H and O–H groups in total. The van der Waals surface area contributed by atoms with Gasteiger partial charge in [0.15, 0.2) is 0 Å². The molecule has 4 atom stereocenters. The van der Waals surface area contributed by atoms with Crippen LogP contribution >= 0.6 is 11.3 Å². The minimum atomic E-state index is -0.892. The van der Waals surface area contributed by atoms with Gasteiger partial charge in [-0.15, -0.1) is 11.3 Å². The zero-order valence-electron chi connectivity index (χ0n) is 43.1. The van der Waals surface area contributed by atoms with Crippen molar-refractivity contribution in [3.05, 3.63) is 138 Å². The normalized spacial score (nSPS) is 15.3. The molecule has 8 rings (SSSR count). The van der Waals surface area contributed by atoms with Crippen LogP contribution in [0.3, 0.4) is 0 Å². The van der Waals surface area contributed by atoms with Crippen LogP contribution in [-0.4, -0.2) is 84.2 Å². The van der Waals surface area contributed by atoms with Gasteiger partial charge in [0.25, 0.3) is 5.91 Å². The van der Waals surface area contributed by atoms with Crippen molar-refractivity contribution < 1.29 is 29.1 Å².